The fourth-order valence-electron chi connectivity index (χ4n) is 1.83. The van der Waals surface area contributed by atoms with E-state index in [1.54, 1.807) is 11.8 Å². The maximum absolute atomic E-state index is 12.1. The van der Waals surface area contributed by atoms with Crippen LogP contribution in [0.4, 0.5) is 10.8 Å². The van der Waals surface area contributed by atoms with Gasteiger partial charge in [-0.2, -0.15) is 11.8 Å². The molecule has 0 bridgehead atoms. The van der Waals surface area contributed by atoms with Gasteiger partial charge in [-0.15, -0.1) is 11.3 Å². The highest BCUT2D eigenvalue weighted by molar-refractivity contribution is 7.98. The zero-order valence-corrected chi connectivity index (χ0v) is 16.8. The van der Waals surface area contributed by atoms with Crippen molar-refractivity contribution in [2.45, 2.75) is 10.6 Å². The Morgan fingerprint density at radius 1 is 1.43 bits per heavy atom. The van der Waals surface area contributed by atoms with Crippen molar-refractivity contribution in [2.24, 2.45) is 10.7 Å². The molecular formula is C14H17N7O4S3. The molecule has 0 saturated carbocycles. The number of aromatic nitrogens is 1. The lowest BCUT2D eigenvalue weighted by Gasteiger charge is -2.03. The number of nitrogens with two attached hydrogens (primary N) is 1. The summed E-state index contributed by atoms with van der Waals surface area (Å²) in [5.41, 5.74) is 5.89. The van der Waals surface area contributed by atoms with Gasteiger partial charge in [0.05, 0.1) is 21.9 Å². The molecule has 0 aliphatic rings. The van der Waals surface area contributed by atoms with E-state index in [1.807, 2.05) is 5.38 Å². The van der Waals surface area contributed by atoms with Crippen LogP contribution in [0.25, 0.3) is 0 Å². The number of sulfonamides is 1. The van der Waals surface area contributed by atoms with E-state index < -0.39 is 14.9 Å². The SMILES string of the molecule is N=C(N)Nc1nc(CSCCN=CNS(=O)(=O)c2ccc([N+](=O)[O-])cc2)cs1. The minimum absolute atomic E-state index is 0.0857. The third kappa shape index (κ3) is 6.79. The van der Waals surface area contributed by atoms with Gasteiger partial charge in [0.25, 0.3) is 15.7 Å². The number of guanidine groups is 1. The molecule has 1 aromatic heterocycles. The molecule has 2 aromatic rings. The summed E-state index contributed by atoms with van der Waals surface area (Å²) in [6.45, 7) is 0.399. The number of nitro groups is 1. The third-order valence-electron chi connectivity index (χ3n) is 3.06. The highest BCUT2D eigenvalue weighted by Gasteiger charge is 2.14. The molecule has 5 N–H and O–H groups in total. The molecule has 2 rings (SSSR count). The maximum atomic E-state index is 12.1. The van der Waals surface area contributed by atoms with Crippen molar-refractivity contribution in [3.8, 4) is 0 Å². The number of nitro benzene ring substituents is 1. The normalized spacial score (nSPS) is 11.4. The minimum Gasteiger partial charge on any atom is -0.370 e. The van der Waals surface area contributed by atoms with Crippen molar-refractivity contribution in [1.82, 2.24) is 9.71 Å². The third-order valence-corrected chi connectivity index (χ3v) is 6.15. The Kier molecular flexibility index (Phi) is 7.71. The number of thioether (sulfide) groups is 1. The number of hydrogen-bond donors (Lipinski definition) is 4. The van der Waals surface area contributed by atoms with Gasteiger partial charge in [0, 0.05) is 35.6 Å². The lowest BCUT2D eigenvalue weighted by atomic mass is 10.3. The molecule has 150 valence electrons. The van der Waals surface area contributed by atoms with E-state index in [0.717, 1.165) is 36.3 Å². The van der Waals surface area contributed by atoms with E-state index in [0.29, 0.717) is 23.2 Å². The molecule has 0 aliphatic carbocycles. The number of benzene rings is 1. The van der Waals surface area contributed by atoms with Crippen LogP contribution in [-0.4, -0.2) is 42.9 Å². The fraction of sp³-hybridized carbons (Fsp3) is 0.214. The molecule has 11 nitrogen and oxygen atoms in total. The molecule has 0 unspecified atom stereocenters. The van der Waals surface area contributed by atoms with Crippen LogP contribution in [-0.2, 0) is 15.8 Å². The van der Waals surface area contributed by atoms with Crippen LogP contribution < -0.4 is 15.8 Å². The van der Waals surface area contributed by atoms with E-state index in [-0.39, 0.29) is 16.5 Å². The molecule has 0 atom stereocenters. The van der Waals surface area contributed by atoms with E-state index in [2.05, 4.69) is 20.0 Å². The van der Waals surface area contributed by atoms with Crippen molar-refractivity contribution < 1.29 is 13.3 Å². The first kappa shape index (κ1) is 21.6. The van der Waals surface area contributed by atoms with E-state index in [1.165, 1.54) is 11.3 Å². The van der Waals surface area contributed by atoms with Gasteiger partial charge in [-0.05, 0) is 12.1 Å². The van der Waals surface area contributed by atoms with Gasteiger partial charge in [0.1, 0.15) is 0 Å². The molecule has 0 radical (unpaired) electrons. The summed E-state index contributed by atoms with van der Waals surface area (Å²) in [6.07, 6.45) is 1.09. The van der Waals surface area contributed by atoms with Gasteiger partial charge in [-0.3, -0.25) is 25.2 Å². The van der Waals surface area contributed by atoms with Gasteiger partial charge < -0.3 is 11.1 Å². The van der Waals surface area contributed by atoms with Crippen LogP contribution >= 0.6 is 23.1 Å². The Labute approximate surface area is 169 Å². The standard InChI is InChI=1S/C14H17N7O4S3/c15-13(16)20-14-19-10(8-27-14)7-26-6-5-17-9-18-28(24,25)12-3-1-11(2-4-12)21(22)23/h1-4,8-9H,5-7H2,(H,17,18)(H4,15,16,19,20). The van der Waals surface area contributed by atoms with E-state index in [4.69, 9.17) is 11.1 Å². The van der Waals surface area contributed by atoms with E-state index in [9.17, 15) is 18.5 Å². The molecule has 0 spiro atoms. The summed E-state index contributed by atoms with van der Waals surface area (Å²) < 4.78 is 26.3. The smallest absolute Gasteiger partial charge is 0.269 e. The number of nitrogens with one attached hydrogen (secondary N) is 3. The van der Waals surface area contributed by atoms with Gasteiger partial charge in [-0.25, -0.2) is 13.4 Å². The van der Waals surface area contributed by atoms with Crippen molar-refractivity contribution in [3.63, 3.8) is 0 Å². The summed E-state index contributed by atoms with van der Waals surface area (Å²) in [5.74, 6) is 1.14. The summed E-state index contributed by atoms with van der Waals surface area (Å²) in [5, 5.41) is 22.8. The lowest BCUT2D eigenvalue weighted by molar-refractivity contribution is -0.384. The molecule has 14 heteroatoms. The Balaban J connectivity index is 1.72. The molecule has 1 aromatic carbocycles. The predicted molar refractivity (Wildman–Crippen MR) is 111 cm³/mol. The van der Waals surface area contributed by atoms with Crippen LogP contribution in [0.2, 0.25) is 0 Å². The van der Waals surface area contributed by atoms with Crippen LogP contribution in [0, 0.1) is 15.5 Å². The number of hydrogen-bond acceptors (Lipinski definition) is 9. The van der Waals surface area contributed by atoms with Gasteiger partial charge in [0.2, 0.25) is 0 Å². The van der Waals surface area contributed by atoms with E-state index >= 15 is 0 Å². The maximum Gasteiger partial charge on any atom is 0.269 e. The highest BCUT2D eigenvalue weighted by Crippen LogP contribution is 2.19. The molecule has 0 saturated heterocycles. The number of non-ortho nitro benzene ring substituents is 1. The zero-order chi connectivity index (χ0) is 20.6. The second-order valence-electron chi connectivity index (χ2n) is 5.14. The van der Waals surface area contributed by atoms with Crippen LogP contribution in [0.15, 0.2) is 39.5 Å². The number of anilines is 1. The second kappa shape index (κ2) is 10.0. The Morgan fingerprint density at radius 2 is 2.14 bits per heavy atom. The van der Waals surface area contributed by atoms with Gasteiger partial charge in [0.15, 0.2) is 11.1 Å². The van der Waals surface area contributed by atoms with Gasteiger partial charge in [-0.1, -0.05) is 0 Å². The number of aliphatic imine (C=N–C) groups is 1. The summed E-state index contributed by atoms with van der Waals surface area (Å²) in [7, 11) is -3.82. The number of nitrogens with zero attached hydrogens (tertiary/aromatic N) is 3. The highest BCUT2D eigenvalue weighted by atomic mass is 32.2. The average molecular weight is 444 g/mol. The summed E-state index contributed by atoms with van der Waals surface area (Å²) in [6, 6.07) is 4.57. The number of rotatable bonds is 10. The second-order valence-corrected chi connectivity index (χ2v) is 8.82. The van der Waals surface area contributed by atoms with Crippen molar-refractivity contribution >= 4 is 56.2 Å². The molecule has 0 fully saturated rings. The Bertz CT molecular complexity index is 958. The lowest BCUT2D eigenvalue weighted by Crippen LogP contribution is -2.22. The summed E-state index contributed by atoms with van der Waals surface area (Å²) in [4.78, 5) is 18.1. The van der Waals surface area contributed by atoms with Crippen LogP contribution in [0.5, 0.6) is 0 Å². The predicted octanol–water partition coefficient (Wildman–Crippen LogP) is 1.60. The van der Waals surface area contributed by atoms with Crippen molar-refractivity contribution in [3.05, 3.63) is 45.5 Å². The Hall–Kier alpha value is -2.71. The van der Waals surface area contributed by atoms with Crippen LogP contribution in [0.3, 0.4) is 0 Å². The topological polar surface area (TPSA) is 176 Å². The average Bonchev–Trinajstić information content (AvgIpc) is 3.07. The molecule has 28 heavy (non-hydrogen) atoms. The van der Waals surface area contributed by atoms with Crippen molar-refractivity contribution in [1.29, 1.82) is 5.41 Å². The molecule has 1 heterocycles. The van der Waals surface area contributed by atoms with Crippen LogP contribution in [0.1, 0.15) is 5.69 Å². The largest absolute Gasteiger partial charge is 0.370 e. The summed E-state index contributed by atoms with van der Waals surface area (Å²) >= 11 is 2.93. The molecule has 0 aliphatic heterocycles. The van der Waals surface area contributed by atoms with Crippen molar-refractivity contribution in [2.75, 3.05) is 17.6 Å². The monoisotopic (exact) mass is 443 g/mol. The van der Waals surface area contributed by atoms with Gasteiger partial charge >= 0.3 is 0 Å². The zero-order valence-electron chi connectivity index (χ0n) is 14.4. The first-order chi connectivity index (χ1) is 13.3. The quantitative estimate of drug-likeness (QED) is 0.141. The number of thiazole rings is 1. The minimum atomic E-state index is -3.82. The Morgan fingerprint density at radius 3 is 2.79 bits per heavy atom. The first-order valence-electron chi connectivity index (χ1n) is 7.66. The molecule has 0 amide bonds. The first-order valence-corrected chi connectivity index (χ1v) is 11.2. The fourth-order valence-corrected chi connectivity index (χ4v) is 4.23. The molecular weight excluding hydrogens is 426 g/mol.